The van der Waals surface area contributed by atoms with Crippen molar-refractivity contribution in [3.05, 3.63) is 63.6 Å². The summed E-state index contributed by atoms with van der Waals surface area (Å²) in [6.45, 7) is 0.169. The molecule has 0 N–H and O–H groups in total. The summed E-state index contributed by atoms with van der Waals surface area (Å²) >= 11 is 3.21. The summed E-state index contributed by atoms with van der Waals surface area (Å²) < 4.78 is 12.5. The maximum atomic E-state index is 12.4. The molecule has 3 aromatic heterocycles. The van der Waals surface area contributed by atoms with Crippen LogP contribution in [0.4, 0.5) is 0 Å². The molecule has 0 atom stereocenters. The van der Waals surface area contributed by atoms with Crippen LogP contribution in [0.25, 0.3) is 22.6 Å². The number of hydrogen-bond donors (Lipinski definition) is 0. The van der Waals surface area contributed by atoms with Crippen molar-refractivity contribution in [3.63, 3.8) is 0 Å². The second-order valence-corrected chi connectivity index (χ2v) is 5.60. The van der Waals surface area contributed by atoms with E-state index in [9.17, 15) is 4.79 Å². The number of benzene rings is 1. The van der Waals surface area contributed by atoms with Gasteiger partial charge in [-0.3, -0.25) is 9.36 Å². The van der Waals surface area contributed by atoms with Gasteiger partial charge in [-0.2, -0.15) is 4.98 Å². The largest absolute Gasteiger partial charge is 0.444 e. The van der Waals surface area contributed by atoms with Crippen LogP contribution >= 0.6 is 15.9 Å². The van der Waals surface area contributed by atoms with Crippen LogP contribution in [0.15, 0.2) is 61.1 Å². The number of halogens is 1. The van der Waals surface area contributed by atoms with Crippen LogP contribution in [0.5, 0.6) is 0 Å². The molecule has 7 nitrogen and oxygen atoms in total. The number of aromatic nitrogens is 4. The van der Waals surface area contributed by atoms with Crippen molar-refractivity contribution >= 4 is 26.8 Å². The van der Waals surface area contributed by atoms with Gasteiger partial charge >= 0.3 is 0 Å². The lowest BCUT2D eigenvalue weighted by Gasteiger charge is -2.03. The Morgan fingerprint density at radius 1 is 1.17 bits per heavy atom. The summed E-state index contributed by atoms with van der Waals surface area (Å²) in [6, 6.07) is 10.6. The van der Waals surface area contributed by atoms with E-state index >= 15 is 0 Å². The van der Waals surface area contributed by atoms with Crippen LogP contribution in [-0.4, -0.2) is 19.7 Å². The van der Waals surface area contributed by atoms with Crippen LogP contribution in [-0.2, 0) is 6.54 Å². The normalized spacial score (nSPS) is 11.2. The average molecular weight is 373 g/mol. The molecule has 114 valence electrons. The fourth-order valence-electron chi connectivity index (χ4n) is 2.22. The number of fused-ring (bicyclic) bond motifs is 1. The predicted octanol–water partition coefficient (Wildman–Crippen LogP) is 2.85. The molecule has 0 saturated carbocycles. The van der Waals surface area contributed by atoms with Gasteiger partial charge in [-0.1, -0.05) is 17.3 Å². The SMILES string of the molecule is O=c1c2ccccc2ncn1Cc1noc(-c2ccc(Br)o2)n1. The van der Waals surface area contributed by atoms with Crippen molar-refractivity contribution in [3.8, 4) is 11.7 Å². The monoisotopic (exact) mass is 372 g/mol. The molecule has 23 heavy (non-hydrogen) atoms. The van der Waals surface area contributed by atoms with Crippen molar-refractivity contribution in [2.45, 2.75) is 6.54 Å². The van der Waals surface area contributed by atoms with Gasteiger partial charge in [0.2, 0.25) is 0 Å². The standard InChI is InChI=1S/C15H9BrN4O3/c16-12-6-5-11(22-12)14-18-13(19-23-14)7-20-8-17-10-4-2-1-3-9(10)15(20)21/h1-6,8H,7H2. The topological polar surface area (TPSA) is 87.0 Å². The molecular weight excluding hydrogens is 364 g/mol. The first-order valence-electron chi connectivity index (χ1n) is 6.73. The zero-order valence-corrected chi connectivity index (χ0v) is 13.2. The molecule has 0 spiro atoms. The zero-order valence-electron chi connectivity index (χ0n) is 11.6. The number of rotatable bonds is 3. The highest BCUT2D eigenvalue weighted by molar-refractivity contribution is 9.10. The summed E-state index contributed by atoms with van der Waals surface area (Å²) in [7, 11) is 0. The predicted molar refractivity (Wildman–Crippen MR) is 84.8 cm³/mol. The molecule has 0 radical (unpaired) electrons. The van der Waals surface area contributed by atoms with Gasteiger partial charge in [-0.25, -0.2) is 4.98 Å². The molecule has 0 aliphatic rings. The van der Waals surface area contributed by atoms with Crippen LogP contribution in [0.2, 0.25) is 0 Å². The summed E-state index contributed by atoms with van der Waals surface area (Å²) in [6.07, 6.45) is 1.48. The first-order chi connectivity index (χ1) is 11.2. The Morgan fingerprint density at radius 3 is 2.87 bits per heavy atom. The Balaban J connectivity index is 1.67. The Bertz CT molecular complexity index is 1050. The lowest BCUT2D eigenvalue weighted by molar-refractivity contribution is 0.405. The van der Waals surface area contributed by atoms with E-state index in [1.165, 1.54) is 10.9 Å². The maximum Gasteiger partial charge on any atom is 0.293 e. The van der Waals surface area contributed by atoms with Gasteiger partial charge in [0.1, 0.15) is 0 Å². The van der Waals surface area contributed by atoms with Crippen molar-refractivity contribution < 1.29 is 8.94 Å². The summed E-state index contributed by atoms with van der Waals surface area (Å²) in [5.74, 6) is 1.08. The van der Waals surface area contributed by atoms with E-state index in [0.717, 1.165) is 0 Å². The molecule has 0 aliphatic carbocycles. The minimum atomic E-state index is -0.150. The van der Waals surface area contributed by atoms with E-state index < -0.39 is 0 Å². The van der Waals surface area contributed by atoms with E-state index in [4.69, 9.17) is 8.94 Å². The van der Waals surface area contributed by atoms with Gasteiger partial charge in [-0.15, -0.1) is 0 Å². The van der Waals surface area contributed by atoms with Crippen molar-refractivity contribution in [2.75, 3.05) is 0 Å². The van der Waals surface area contributed by atoms with E-state index in [-0.39, 0.29) is 18.0 Å². The first kappa shape index (κ1) is 13.9. The number of para-hydroxylation sites is 1. The van der Waals surface area contributed by atoms with Crippen molar-refractivity contribution in [2.24, 2.45) is 0 Å². The van der Waals surface area contributed by atoms with Gasteiger partial charge in [-0.05, 0) is 40.2 Å². The first-order valence-corrected chi connectivity index (χ1v) is 7.52. The third kappa shape index (κ3) is 2.57. The van der Waals surface area contributed by atoms with Gasteiger partial charge in [0.15, 0.2) is 16.3 Å². The van der Waals surface area contributed by atoms with E-state index in [1.807, 2.05) is 6.07 Å². The summed E-state index contributed by atoms with van der Waals surface area (Å²) in [5, 5.41) is 4.42. The van der Waals surface area contributed by atoms with Gasteiger partial charge in [0.05, 0.1) is 23.8 Å². The van der Waals surface area contributed by atoms with Gasteiger partial charge in [0.25, 0.3) is 11.4 Å². The lowest BCUT2D eigenvalue weighted by atomic mass is 10.2. The smallest absolute Gasteiger partial charge is 0.293 e. The molecule has 4 aromatic rings. The van der Waals surface area contributed by atoms with Gasteiger partial charge in [0, 0.05) is 0 Å². The Morgan fingerprint density at radius 2 is 2.04 bits per heavy atom. The van der Waals surface area contributed by atoms with Crippen LogP contribution in [0, 0.1) is 0 Å². The fraction of sp³-hybridized carbons (Fsp3) is 0.0667. The number of nitrogens with zero attached hydrogens (tertiary/aromatic N) is 4. The molecule has 3 heterocycles. The molecule has 0 saturated heterocycles. The lowest BCUT2D eigenvalue weighted by Crippen LogP contribution is -2.21. The molecule has 0 unspecified atom stereocenters. The summed E-state index contributed by atoms with van der Waals surface area (Å²) in [5.41, 5.74) is 0.505. The minimum Gasteiger partial charge on any atom is -0.444 e. The molecule has 1 aromatic carbocycles. The molecule has 0 fully saturated rings. The minimum absolute atomic E-state index is 0.150. The molecule has 0 amide bonds. The van der Waals surface area contributed by atoms with Crippen LogP contribution < -0.4 is 5.56 Å². The fourth-order valence-corrected chi connectivity index (χ4v) is 2.53. The van der Waals surface area contributed by atoms with E-state index in [1.54, 1.807) is 30.3 Å². The molecular formula is C15H9BrN4O3. The van der Waals surface area contributed by atoms with Crippen LogP contribution in [0.1, 0.15) is 5.82 Å². The highest BCUT2D eigenvalue weighted by atomic mass is 79.9. The maximum absolute atomic E-state index is 12.4. The Kier molecular flexibility index (Phi) is 3.30. The molecule has 0 aliphatic heterocycles. The molecule has 0 bridgehead atoms. The van der Waals surface area contributed by atoms with Crippen molar-refractivity contribution in [1.82, 2.24) is 19.7 Å². The third-order valence-corrected chi connectivity index (χ3v) is 3.72. The highest BCUT2D eigenvalue weighted by Gasteiger charge is 2.13. The zero-order chi connectivity index (χ0) is 15.8. The quantitative estimate of drug-likeness (QED) is 0.549. The molecule has 4 rings (SSSR count). The van der Waals surface area contributed by atoms with Crippen molar-refractivity contribution in [1.29, 1.82) is 0 Å². The number of furan rings is 1. The second-order valence-electron chi connectivity index (χ2n) is 4.81. The van der Waals surface area contributed by atoms with Crippen LogP contribution in [0.3, 0.4) is 0 Å². The highest BCUT2D eigenvalue weighted by Crippen LogP contribution is 2.23. The van der Waals surface area contributed by atoms with Gasteiger partial charge < -0.3 is 8.94 Å². The average Bonchev–Trinajstić information content (AvgIpc) is 3.19. The Labute approximate surface area is 137 Å². The second kappa shape index (κ2) is 5.47. The van der Waals surface area contributed by atoms with E-state index in [0.29, 0.717) is 27.2 Å². The summed E-state index contributed by atoms with van der Waals surface area (Å²) in [4.78, 5) is 20.9. The number of hydrogen-bond acceptors (Lipinski definition) is 6. The van der Waals surface area contributed by atoms with E-state index in [2.05, 4.69) is 31.1 Å². The Hall–Kier alpha value is -2.74. The molecule has 8 heteroatoms. The third-order valence-electron chi connectivity index (χ3n) is 3.30.